The highest BCUT2D eigenvalue weighted by Gasteiger charge is 2.17. The number of aliphatic hydroxyl groups excluding tert-OH is 1. The van der Waals surface area contributed by atoms with Crippen LogP contribution in [0.3, 0.4) is 0 Å². The molecular weight excluding hydrogens is 236 g/mol. The van der Waals surface area contributed by atoms with Crippen molar-refractivity contribution in [2.45, 2.75) is 33.3 Å². The lowest BCUT2D eigenvalue weighted by Gasteiger charge is -2.24. The Kier molecular flexibility index (Phi) is 4.97. The van der Waals surface area contributed by atoms with Crippen LogP contribution in [0.4, 0.5) is 0 Å². The largest absolute Gasteiger partial charge is 0.387 e. The van der Waals surface area contributed by atoms with Crippen molar-refractivity contribution in [2.75, 3.05) is 32.7 Å². The minimum atomic E-state index is -0.377. The fraction of sp³-hybridized carbons (Fsp3) is 0.625. The van der Waals surface area contributed by atoms with Gasteiger partial charge in [-0.25, -0.2) is 0 Å². The summed E-state index contributed by atoms with van der Waals surface area (Å²) in [5, 5.41) is 13.9. The first-order valence-corrected chi connectivity index (χ1v) is 7.27. The fourth-order valence-electron chi connectivity index (χ4n) is 2.77. The monoisotopic (exact) mass is 262 g/mol. The molecule has 106 valence electrons. The lowest BCUT2D eigenvalue weighted by molar-refractivity contribution is 0.116. The lowest BCUT2D eigenvalue weighted by atomic mass is 9.97. The first-order chi connectivity index (χ1) is 9.08. The average molecular weight is 262 g/mol. The molecule has 1 aromatic carbocycles. The van der Waals surface area contributed by atoms with Crippen LogP contribution in [0.25, 0.3) is 0 Å². The molecule has 1 saturated heterocycles. The number of aliphatic hydroxyl groups is 1. The fourth-order valence-corrected chi connectivity index (χ4v) is 2.77. The van der Waals surface area contributed by atoms with Crippen molar-refractivity contribution in [3.05, 3.63) is 34.4 Å². The quantitative estimate of drug-likeness (QED) is 0.874. The second kappa shape index (κ2) is 6.51. The van der Waals surface area contributed by atoms with Crippen LogP contribution in [0.15, 0.2) is 12.1 Å². The predicted molar refractivity (Wildman–Crippen MR) is 79.5 cm³/mol. The van der Waals surface area contributed by atoms with E-state index >= 15 is 0 Å². The summed E-state index contributed by atoms with van der Waals surface area (Å²) in [5.41, 5.74) is 4.84. The maximum atomic E-state index is 10.5. The maximum absolute atomic E-state index is 10.5. The van der Waals surface area contributed by atoms with Gasteiger partial charge in [0.1, 0.15) is 0 Å². The molecular formula is C16H26N2O. The summed E-state index contributed by atoms with van der Waals surface area (Å²) in [6.45, 7) is 11.3. The molecule has 0 aromatic heterocycles. The van der Waals surface area contributed by atoms with Crippen molar-refractivity contribution in [1.29, 1.82) is 0 Å². The third-order valence-corrected chi connectivity index (χ3v) is 4.11. The van der Waals surface area contributed by atoms with Crippen molar-refractivity contribution in [2.24, 2.45) is 0 Å². The van der Waals surface area contributed by atoms with E-state index in [0.717, 1.165) is 38.3 Å². The van der Waals surface area contributed by atoms with Gasteiger partial charge >= 0.3 is 0 Å². The lowest BCUT2D eigenvalue weighted by Crippen LogP contribution is -2.32. The van der Waals surface area contributed by atoms with Crippen LogP contribution in [0.2, 0.25) is 0 Å². The molecule has 0 radical (unpaired) electrons. The second-order valence-electron chi connectivity index (χ2n) is 5.71. The number of benzene rings is 1. The summed E-state index contributed by atoms with van der Waals surface area (Å²) in [6.07, 6.45) is 0.788. The van der Waals surface area contributed by atoms with Gasteiger partial charge in [0.2, 0.25) is 0 Å². The van der Waals surface area contributed by atoms with Gasteiger partial charge in [-0.2, -0.15) is 0 Å². The van der Waals surface area contributed by atoms with E-state index in [-0.39, 0.29) is 6.10 Å². The number of hydrogen-bond donors (Lipinski definition) is 2. The molecule has 1 aliphatic rings. The number of nitrogens with one attached hydrogen (secondary N) is 1. The van der Waals surface area contributed by atoms with Crippen molar-refractivity contribution in [3.8, 4) is 0 Å². The van der Waals surface area contributed by atoms with Crippen LogP contribution in [-0.4, -0.2) is 42.7 Å². The Morgan fingerprint density at radius 3 is 2.63 bits per heavy atom. The van der Waals surface area contributed by atoms with Gasteiger partial charge in [-0.15, -0.1) is 0 Å². The second-order valence-corrected chi connectivity index (χ2v) is 5.71. The molecule has 2 rings (SSSR count). The molecule has 3 heteroatoms. The molecule has 1 aromatic rings. The smallest absolute Gasteiger partial charge is 0.0919 e. The molecule has 1 fully saturated rings. The normalized spacial score (nSPS) is 19.2. The Labute approximate surface area is 116 Å². The Balaban J connectivity index is 2.06. The van der Waals surface area contributed by atoms with Gasteiger partial charge in [-0.3, -0.25) is 4.90 Å². The van der Waals surface area contributed by atoms with Crippen molar-refractivity contribution < 1.29 is 5.11 Å². The third-order valence-electron chi connectivity index (χ3n) is 4.11. The molecule has 0 amide bonds. The average Bonchev–Trinajstić information content (AvgIpc) is 2.62. The van der Waals surface area contributed by atoms with E-state index in [4.69, 9.17) is 0 Å². The number of rotatable bonds is 3. The molecule has 1 unspecified atom stereocenters. The van der Waals surface area contributed by atoms with E-state index in [0.29, 0.717) is 0 Å². The van der Waals surface area contributed by atoms with E-state index in [1.165, 1.54) is 23.1 Å². The Morgan fingerprint density at radius 1 is 1.11 bits per heavy atom. The van der Waals surface area contributed by atoms with E-state index in [1.54, 1.807) is 0 Å². The zero-order chi connectivity index (χ0) is 13.8. The first-order valence-electron chi connectivity index (χ1n) is 7.27. The van der Waals surface area contributed by atoms with Gasteiger partial charge in [0, 0.05) is 19.6 Å². The molecule has 2 N–H and O–H groups in total. The molecule has 1 atom stereocenters. The van der Waals surface area contributed by atoms with Crippen molar-refractivity contribution in [1.82, 2.24) is 10.2 Å². The predicted octanol–water partition coefficient (Wildman–Crippen LogP) is 1.94. The van der Waals surface area contributed by atoms with Gasteiger partial charge in [0.25, 0.3) is 0 Å². The number of β-amino-alcohol motifs (C(OH)–C–C–N with tert-alkyl or cyclic N) is 1. The minimum Gasteiger partial charge on any atom is -0.387 e. The van der Waals surface area contributed by atoms with Crippen LogP contribution in [-0.2, 0) is 0 Å². The molecule has 0 spiro atoms. The SMILES string of the molecule is Cc1cc(C)c(C(O)CN2CCCNCC2)cc1C. The van der Waals surface area contributed by atoms with E-state index in [9.17, 15) is 5.11 Å². The van der Waals surface area contributed by atoms with Crippen LogP contribution in [0.5, 0.6) is 0 Å². The van der Waals surface area contributed by atoms with Gasteiger partial charge in [-0.1, -0.05) is 12.1 Å². The molecule has 3 nitrogen and oxygen atoms in total. The van der Waals surface area contributed by atoms with Crippen LogP contribution in [0.1, 0.15) is 34.8 Å². The number of nitrogens with zero attached hydrogens (tertiary/aromatic N) is 1. The summed E-state index contributed by atoms with van der Waals surface area (Å²) in [4.78, 5) is 2.36. The molecule has 1 heterocycles. The minimum absolute atomic E-state index is 0.377. The molecule has 0 aliphatic carbocycles. The number of aryl methyl sites for hydroxylation is 3. The van der Waals surface area contributed by atoms with E-state index < -0.39 is 0 Å². The van der Waals surface area contributed by atoms with Crippen molar-refractivity contribution in [3.63, 3.8) is 0 Å². The highest BCUT2D eigenvalue weighted by Crippen LogP contribution is 2.22. The Hall–Kier alpha value is -0.900. The maximum Gasteiger partial charge on any atom is 0.0919 e. The van der Waals surface area contributed by atoms with Crippen LogP contribution >= 0.6 is 0 Å². The standard InChI is InChI=1S/C16H26N2O/c1-12-9-14(3)15(10-13(12)2)16(19)11-18-7-4-5-17-6-8-18/h9-10,16-17,19H,4-8,11H2,1-3H3. The van der Waals surface area contributed by atoms with Gasteiger partial charge in [-0.05, 0) is 62.5 Å². The summed E-state index contributed by atoms with van der Waals surface area (Å²) in [7, 11) is 0. The zero-order valence-corrected chi connectivity index (χ0v) is 12.4. The zero-order valence-electron chi connectivity index (χ0n) is 12.4. The van der Waals surface area contributed by atoms with E-state index in [2.05, 4.69) is 43.1 Å². The molecule has 0 bridgehead atoms. The Morgan fingerprint density at radius 2 is 1.84 bits per heavy atom. The topological polar surface area (TPSA) is 35.5 Å². The van der Waals surface area contributed by atoms with Gasteiger partial charge < -0.3 is 10.4 Å². The first kappa shape index (κ1) is 14.5. The third kappa shape index (κ3) is 3.78. The van der Waals surface area contributed by atoms with Crippen LogP contribution < -0.4 is 5.32 Å². The molecule has 0 saturated carbocycles. The molecule has 1 aliphatic heterocycles. The summed E-state index contributed by atoms with van der Waals surface area (Å²) in [5.74, 6) is 0. The summed E-state index contributed by atoms with van der Waals surface area (Å²) >= 11 is 0. The van der Waals surface area contributed by atoms with Gasteiger partial charge in [0.15, 0.2) is 0 Å². The summed E-state index contributed by atoms with van der Waals surface area (Å²) in [6, 6.07) is 4.32. The summed E-state index contributed by atoms with van der Waals surface area (Å²) < 4.78 is 0. The number of hydrogen-bond acceptors (Lipinski definition) is 3. The Bertz CT molecular complexity index is 423. The highest BCUT2D eigenvalue weighted by atomic mass is 16.3. The van der Waals surface area contributed by atoms with Gasteiger partial charge in [0.05, 0.1) is 6.10 Å². The highest BCUT2D eigenvalue weighted by molar-refractivity contribution is 5.37. The van der Waals surface area contributed by atoms with Crippen LogP contribution in [0, 0.1) is 20.8 Å². The van der Waals surface area contributed by atoms with Crippen molar-refractivity contribution >= 4 is 0 Å². The van der Waals surface area contributed by atoms with E-state index in [1.807, 2.05) is 0 Å². The molecule has 19 heavy (non-hydrogen) atoms.